The van der Waals surface area contributed by atoms with Gasteiger partial charge in [-0.1, -0.05) is 51.1 Å². The Balaban J connectivity index is 1.47. The van der Waals surface area contributed by atoms with Crippen LogP contribution in [-0.2, 0) is 39.9 Å². The molecule has 6 aliphatic rings. The minimum atomic E-state index is -2.20. The Morgan fingerprint density at radius 3 is 2.49 bits per heavy atom. The summed E-state index contributed by atoms with van der Waals surface area (Å²) < 4.78 is 30.3. The second-order valence-electron chi connectivity index (χ2n) is 12.6. The normalized spacial score (nSPS) is 53.1. The third-order valence-corrected chi connectivity index (χ3v) is 10.4. The van der Waals surface area contributed by atoms with Crippen LogP contribution in [0.15, 0.2) is 30.3 Å². The highest BCUT2D eigenvalue weighted by molar-refractivity contribution is 5.92. The Labute approximate surface area is 213 Å². The lowest BCUT2D eigenvalue weighted by Gasteiger charge is -2.50. The molecule has 0 amide bonds. The molecule has 4 aliphatic heterocycles. The van der Waals surface area contributed by atoms with E-state index in [1.54, 1.807) is 0 Å². The van der Waals surface area contributed by atoms with E-state index in [4.69, 9.17) is 23.7 Å². The summed E-state index contributed by atoms with van der Waals surface area (Å²) in [5.74, 6) is -3.08. The number of carbonyl (C=O) groups excluding carboxylic acids is 2. The van der Waals surface area contributed by atoms with Gasteiger partial charge in [0, 0.05) is 0 Å². The minimum Gasteiger partial charge on any atom is -0.459 e. The highest BCUT2D eigenvalue weighted by Gasteiger charge is 3.03. The molecular formula is C27H32O10. The Hall–Kier alpha value is -2.08. The van der Waals surface area contributed by atoms with Crippen LogP contribution in [0.2, 0.25) is 0 Å². The number of ether oxygens (including phenoxy) is 5. The first-order valence-electron chi connectivity index (χ1n) is 12.9. The number of fused-ring (bicyclic) bond motifs is 1. The second-order valence-corrected chi connectivity index (χ2v) is 12.6. The molecule has 12 atom stereocenters. The number of benzene rings is 1. The van der Waals surface area contributed by atoms with Crippen LogP contribution in [0.5, 0.6) is 0 Å². The van der Waals surface area contributed by atoms with Crippen LogP contribution in [0.1, 0.15) is 39.7 Å². The van der Waals surface area contributed by atoms with Crippen LogP contribution in [0.3, 0.4) is 0 Å². The monoisotopic (exact) mass is 516 g/mol. The first-order valence-corrected chi connectivity index (χ1v) is 12.9. The van der Waals surface area contributed by atoms with Gasteiger partial charge in [0.15, 0.2) is 24.3 Å². The molecule has 3 N–H and O–H groups in total. The van der Waals surface area contributed by atoms with Gasteiger partial charge in [0.25, 0.3) is 0 Å². The predicted molar refractivity (Wildman–Crippen MR) is 122 cm³/mol. The van der Waals surface area contributed by atoms with Crippen molar-refractivity contribution in [3.05, 3.63) is 35.9 Å². The maximum Gasteiger partial charge on any atom is 0.342 e. The number of esters is 2. The zero-order chi connectivity index (χ0) is 26.3. The largest absolute Gasteiger partial charge is 0.459 e. The summed E-state index contributed by atoms with van der Waals surface area (Å²) in [7, 11) is 0. The fourth-order valence-electron chi connectivity index (χ4n) is 9.21. The molecular weight excluding hydrogens is 484 g/mol. The van der Waals surface area contributed by atoms with Gasteiger partial charge in [-0.3, -0.25) is 4.79 Å². The van der Waals surface area contributed by atoms with E-state index in [2.05, 4.69) is 0 Å². The molecule has 4 heterocycles. The highest BCUT2D eigenvalue weighted by Crippen LogP contribution is 2.85. The molecule has 1 aromatic carbocycles. The zero-order valence-corrected chi connectivity index (χ0v) is 21.1. The van der Waals surface area contributed by atoms with Gasteiger partial charge in [-0.25, -0.2) is 4.79 Å². The van der Waals surface area contributed by atoms with Crippen LogP contribution in [0, 0.1) is 28.1 Å². The highest BCUT2D eigenvalue weighted by atomic mass is 16.8. The van der Waals surface area contributed by atoms with E-state index < -0.39 is 82.3 Å². The van der Waals surface area contributed by atoms with Crippen molar-refractivity contribution in [3.8, 4) is 0 Å². The van der Waals surface area contributed by atoms with E-state index >= 15 is 0 Å². The Morgan fingerprint density at radius 2 is 1.81 bits per heavy atom. The molecule has 1 aromatic rings. The van der Waals surface area contributed by atoms with Crippen molar-refractivity contribution in [2.75, 3.05) is 0 Å². The molecule has 2 aliphatic carbocycles. The van der Waals surface area contributed by atoms with Gasteiger partial charge in [-0.2, -0.15) is 0 Å². The molecule has 2 spiro atoms. The van der Waals surface area contributed by atoms with Crippen LogP contribution < -0.4 is 0 Å². The Morgan fingerprint density at radius 1 is 1.11 bits per heavy atom. The summed E-state index contributed by atoms with van der Waals surface area (Å²) in [5, 5.41) is 35.5. The Bertz CT molecular complexity index is 1180. The van der Waals surface area contributed by atoms with Crippen molar-refractivity contribution >= 4 is 11.9 Å². The van der Waals surface area contributed by atoms with Crippen LogP contribution in [0.25, 0.3) is 0 Å². The summed E-state index contributed by atoms with van der Waals surface area (Å²) in [6.45, 7) is 7.68. The van der Waals surface area contributed by atoms with E-state index in [1.807, 2.05) is 51.1 Å². The van der Waals surface area contributed by atoms with E-state index in [1.165, 1.54) is 6.92 Å². The summed E-state index contributed by atoms with van der Waals surface area (Å²) in [6.07, 6.45) is -7.14. The number of rotatable bonds is 3. The molecule has 0 radical (unpaired) electrons. The van der Waals surface area contributed by atoms with E-state index in [9.17, 15) is 24.9 Å². The van der Waals surface area contributed by atoms with Gasteiger partial charge in [-0.05, 0) is 30.2 Å². The number of carbonyl (C=O) groups is 2. The first kappa shape index (κ1) is 24.0. The fourth-order valence-corrected chi connectivity index (χ4v) is 9.21. The smallest absolute Gasteiger partial charge is 0.342 e. The van der Waals surface area contributed by atoms with Crippen molar-refractivity contribution in [1.82, 2.24) is 0 Å². The van der Waals surface area contributed by atoms with Crippen molar-refractivity contribution in [3.63, 3.8) is 0 Å². The Kier molecular flexibility index (Phi) is 4.48. The molecule has 10 heteroatoms. The molecule has 7 rings (SSSR count). The number of hydrogen-bond acceptors (Lipinski definition) is 10. The lowest BCUT2D eigenvalue weighted by Crippen LogP contribution is -2.67. The summed E-state index contributed by atoms with van der Waals surface area (Å²) in [5.41, 5.74) is -6.80. The average Bonchev–Trinajstić information content (AvgIpc) is 3.55. The summed E-state index contributed by atoms with van der Waals surface area (Å²) in [6, 6.07) is 9.43. The van der Waals surface area contributed by atoms with Gasteiger partial charge >= 0.3 is 11.9 Å². The average molecular weight is 517 g/mol. The first-order chi connectivity index (χ1) is 17.4. The molecule has 2 saturated carbocycles. The quantitative estimate of drug-likeness (QED) is 0.490. The summed E-state index contributed by atoms with van der Waals surface area (Å²) in [4.78, 5) is 26.4. The maximum absolute atomic E-state index is 13.8. The third kappa shape index (κ3) is 2.21. The van der Waals surface area contributed by atoms with Crippen molar-refractivity contribution in [1.29, 1.82) is 0 Å². The third-order valence-electron chi connectivity index (χ3n) is 10.4. The summed E-state index contributed by atoms with van der Waals surface area (Å²) >= 11 is 0. The zero-order valence-electron chi connectivity index (χ0n) is 21.1. The van der Waals surface area contributed by atoms with Gasteiger partial charge in [-0.15, -0.1) is 0 Å². The van der Waals surface area contributed by atoms with Crippen LogP contribution in [-0.4, -0.2) is 75.5 Å². The van der Waals surface area contributed by atoms with E-state index in [0.717, 1.165) is 5.56 Å². The van der Waals surface area contributed by atoms with E-state index in [0.29, 0.717) is 6.42 Å². The fraction of sp³-hybridized carbons (Fsp3) is 0.704. The maximum atomic E-state index is 13.8. The number of aliphatic hydroxyl groups excluding tert-OH is 2. The van der Waals surface area contributed by atoms with Crippen molar-refractivity contribution in [2.24, 2.45) is 28.1 Å². The molecule has 0 bridgehead atoms. The lowest BCUT2D eigenvalue weighted by molar-refractivity contribution is -0.264. The predicted octanol–water partition coefficient (Wildman–Crippen LogP) is 0.647. The van der Waals surface area contributed by atoms with Gasteiger partial charge < -0.3 is 39.0 Å². The van der Waals surface area contributed by atoms with Gasteiger partial charge in [0.1, 0.15) is 18.3 Å². The molecule has 200 valence electrons. The standard InChI is InChI=1S/C27H32O10/c1-12-19(29)35-17-16(28)25-15-10-14(23(2,3)4)24(25)18(33-11-13-8-6-5-7-9-13)20(30)36-22(24)37-27(25,21(31)34-15)26(12,17)32/h5-9,12,14-18,20,22,28,30,32H,10-11H2,1-4H3/t12-,14+,15-,16+,17+,18+,20?,22+,24+,25+,26-,27-/m1/s1. The van der Waals surface area contributed by atoms with E-state index in [-0.39, 0.29) is 12.5 Å². The van der Waals surface area contributed by atoms with Crippen LogP contribution in [0.4, 0.5) is 0 Å². The molecule has 10 nitrogen and oxygen atoms in total. The molecule has 37 heavy (non-hydrogen) atoms. The lowest BCUT2D eigenvalue weighted by atomic mass is 9.51. The van der Waals surface area contributed by atoms with Crippen molar-refractivity contribution < 1.29 is 48.6 Å². The molecule has 4 saturated heterocycles. The molecule has 0 aromatic heterocycles. The SMILES string of the molecule is C[C@@H]1C(=O)O[C@H]2[C@H](O)[C@@]34[C@H]5C[C@@H](C(C)(C)C)[C@]36[C@@H](OC(O)[C@@H]6OCc3ccccc3)O[C@@]4(C(=O)O5)[C@@]12O. The second kappa shape index (κ2) is 6.91. The van der Waals surface area contributed by atoms with Gasteiger partial charge in [0.05, 0.1) is 23.4 Å². The van der Waals surface area contributed by atoms with Crippen LogP contribution >= 0.6 is 0 Å². The van der Waals surface area contributed by atoms with Crippen molar-refractivity contribution in [2.45, 2.75) is 88.9 Å². The number of aliphatic hydroxyl groups is 3. The topological polar surface area (TPSA) is 141 Å². The molecule has 1 unspecified atom stereocenters. The van der Waals surface area contributed by atoms with Gasteiger partial charge in [0.2, 0.25) is 5.60 Å². The number of hydrogen-bond donors (Lipinski definition) is 3. The minimum absolute atomic E-state index is 0.134. The molecule has 6 fully saturated rings.